The van der Waals surface area contributed by atoms with Crippen LogP contribution in [0, 0.1) is 5.82 Å². The van der Waals surface area contributed by atoms with E-state index in [2.05, 4.69) is 15.1 Å². The number of hydrogen-bond donors (Lipinski definition) is 0. The molecule has 9 heteroatoms. The smallest absolute Gasteiger partial charge is 0.234 e. The Balaban J connectivity index is 1.39. The van der Waals surface area contributed by atoms with E-state index in [1.165, 1.54) is 10.4 Å². The van der Waals surface area contributed by atoms with Crippen LogP contribution in [-0.4, -0.2) is 53.2 Å². The maximum absolute atomic E-state index is 13.9. The molecule has 7 nitrogen and oxygen atoms in total. The summed E-state index contributed by atoms with van der Waals surface area (Å²) < 4.78 is 46.4. The predicted octanol–water partition coefficient (Wildman–Crippen LogP) is 3.47. The van der Waals surface area contributed by atoms with E-state index in [1.807, 2.05) is 12.1 Å². The van der Waals surface area contributed by atoms with E-state index in [-0.39, 0.29) is 23.5 Å². The normalized spacial score (nSPS) is 22.4. The highest BCUT2D eigenvalue weighted by molar-refractivity contribution is 7.89. The van der Waals surface area contributed by atoms with Crippen LogP contribution in [0.5, 0.6) is 0 Å². The van der Waals surface area contributed by atoms with Crippen molar-refractivity contribution in [2.24, 2.45) is 0 Å². The molecule has 0 spiro atoms. The van der Waals surface area contributed by atoms with Crippen LogP contribution in [0.1, 0.15) is 68.3 Å². The largest absolute Gasteiger partial charge is 0.423 e. The van der Waals surface area contributed by atoms with Crippen LogP contribution in [0.4, 0.5) is 4.39 Å². The van der Waals surface area contributed by atoms with Crippen LogP contribution in [0.15, 0.2) is 28.7 Å². The maximum Gasteiger partial charge on any atom is 0.234 e. The first-order chi connectivity index (χ1) is 14.5. The van der Waals surface area contributed by atoms with Crippen LogP contribution >= 0.6 is 0 Å². The Labute approximate surface area is 177 Å². The average Bonchev–Trinajstić information content (AvgIpc) is 3.26. The van der Waals surface area contributed by atoms with E-state index >= 15 is 0 Å². The van der Waals surface area contributed by atoms with Crippen molar-refractivity contribution in [2.75, 3.05) is 25.4 Å². The first kappa shape index (κ1) is 21.4. The lowest BCUT2D eigenvalue weighted by atomic mass is 9.96. The molecule has 3 heterocycles. The van der Waals surface area contributed by atoms with Gasteiger partial charge < -0.3 is 4.42 Å². The quantitative estimate of drug-likeness (QED) is 0.690. The number of likely N-dealkylation sites (tertiary alicyclic amines) is 1. The molecule has 0 unspecified atom stereocenters. The lowest BCUT2D eigenvalue weighted by Crippen LogP contribution is -2.39. The number of sulfonamides is 1. The number of aromatic nitrogens is 2. The maximum atomic E-state index is 13.9. The lowest BCUT2D eigenvalue weighted by molar-refractivity contribution is 0.182. The monoisotopic (exact) mass is 436 g/mol. The molecule has 4 rings (SSSR count). The molecule has 164 valence electrons. The minimum absolute atomic E-state index is 0.0744. The molecule has 30 heavy (non-hydrogen) atoms. The second kappa shape index (κ2) is 9.11. The molecule has 2 aliphatic rings. The third-order valence-electron chi connectivity index (χ3n) is 6.21. The fourth-order valence-electron chi connectivity index (χ4n) is 4.40. The molecule has 0 N–H and O–H groups in total. The minimum atomic E-state index is -3.31. The summed E-state index contributed by atoms with van der Waals surface area (Å²) in [5.74, 6) is 1.07. The number of halogens is 1. The van der Waals surface area contributed by atoms with Crippen molar-refractivity contribution in [3.63, 3.8) is 0 Å². The van der Waals surface area contributed by atoms with Gasteiger partial charge >= 0.3 is 0 Å². The number of piperidine rings is 2. The first-order valence-electron chi connectivity index (χ1n) is 10.8. The Kier molecular flexibility index (Phi) is 6.50. The van der Waals surface area contributed by atoms with Crippen molar-refractivity contribution in [1.29, 1.82) is 0 Å². The molecule has 0 saturated carbocycles. The van der Waals surface area contributed by atoms with Gasteiger partial charge in [-0.3, -0.25) is 4.90 Å². The Morgan fingerprint density at radius 3 is 2.53 bits per heavy atom. The first-order valence-corrected chi connectivity index (χ1v) is 12.4. The molecule has 2 aliphatic heterocycles. The molecule has 1 atom stereocenters. The second-order valence-electron chi connectivity index (χ2n) is 8.14. The predicted molar refractivity (Wildman–Crippen MR) is 111 cm³/mol. The van der Waals surface area contributed by atoms with Gasteiger partial charge in [-0.15, -0.1) is 10.2 Å². The SMILES string of the molecule is CCS(=O)(=O)N1CCCC[C@@H]1c1nnc(C2CCN(Cc3ccccc3F)CC2)o1. The van der Waals surface area contributed by atoms with Gasteiger partial charge in [-0.05, 0) is 51.8 Å². The molecule has 1 aromatic carbocycles. The van der Waals surface area contributed by atoms with E-state index in [0.29, 0.717) is 36.9 Å². The zero-order valence-electron chi connectivity index (χ0n) is 17.3. The van der Waals surface area contributed by atoms with Crippen molar-refractivity contribution in [2.45, 2.75) is 57.5 Å². The summed E-state index contributed by atoms with van der Waals surface area (Å²) in [6, 6.07) is 6.53. The van der Waals surface area contributed by atoms with Gasteiger partial charge in [-0.2, -0.15) is 4.31 Å². The molecule has 0 radical (unpaired) electrons. The van der Waals surface area contributed by atoms with Crippen molar-refractivity contribution in [3.8, 4) is 0 Å². The Hall–Kier alpha value is -1.84. The standard InChI is InChI=1S/C21H29FN4O3S/c1-2-30(27,28)26-12-6-5-9-19(26)21-24-23-20(29-21)16-10-13-25(14-11-16)15-17-7-3-4-8-18(17)22/h3-4,7-8,16,19H,2,5-6,9-15H2,1H3/t19-/m1/s1. The summed E-state index contributed by atoms with van der Waals surface area (Å²) >= 11 is 0. The van der Waals surface area contributed by atoms with Crippen LogP contribution < -0.4 is 0 Å². The zero-order chi connectivity index (χ0) is 21.1. The van der Waals surface area contributed by atoms with E-state index < -0.39 is 10.0 Å². The van der Waals surface area contributed by atoms with Gasteiger partial charge in [0.2, 0.25) is 21.8 Å². The van der Waals surface area contributed by atoms with Crippen molar-refractivity contribution in [3.05, 3.63) is 47.4 Å². The Bertz CT molecular complexity index is 957. The summed E-state index contributed by atoms with van der Waals surface area (Å²) in [6.07, 6.45) is 4.24. The highest BCUT2D eigenvalue weighted by Crippen LogP contribution is 2.35. The number of rotatable bonds is 6. The minimum Gasteiger partial charge on any atom is -0.423 e. The molecular formula is C21H29FN4O3S. The number of hydrogen-bond acceptors (Lipinski definition) is 6. The summed E-state index contributed by atoms with van der Waals surface area (Å²) in [5, 5.41) is 8.49. The van der Waals surface area contributed by atoms with E-state index in [1.54, 1.807) is 13.0 Å². The summed E-state index contributed by atoms with van der Waals surface area (Å²) in [7, 11) is -3.31. The molecule has 0 aliphatic carbocycles. The lowest BCUT2D eigenvalue weighted by Gasteiger charge is -2.32. The Morgan fingerprint density at radius 2 is 1.80 bits per heavy atom. The van der Waals surface area contributed by atoms with Crippen LogP contribution in [0.2, 0.25) is 0 Å². The van der Waals surface area contributed by atoms with E-state index in [0.717, 1.165) is 38.8 Å². The van der Waals surface area contributed by atoms with Gasteiger partial charge in [-0.25, -0.2) is 12.8 Å². The second-order valence-corrected chi connectivity index (χ2v) is 10.4. The fourth-order valence-corrected chi connectivity index (χ4v) is 5.72. The van der Waals surface area contributed by atoms with E-state index in [9.17, 15) is 12.8 Å². The molecule has 2 fully saturated rings. The number of benzene rings is 1. The molecule has 2 aromatic rings. The Morgan fingerprint density at radius 1 is 1.07 bits per heavy atom. The molecule has 2 saturated heterocycles. The highest BCUT2D eigenvalue weighted by Gasteiger charge is 2.36. The third-order valence-corrected chi connectivity index (χ3v) is 8.09. The van der Waals surface area contributed by atoms with Gasteiger partial charge in [0.1, 0.15) is 11.9 Å². The zero-order valence-corrected chi connectivity index (χ0v) is 18.2. The van der Waals surface area contributed by atoms with Gasteiger partial charge in [-0.1, -0.05) is 24.6 Å². The van der Waals surface area contributed by atoms with Crippen LogP contribution in [0.3, 0.4) is 0 Å². The summed E-state index contributed by atoms with van der Waals surface area (Å²) in [6.45, 7) is 4.43. The van der Waals surface area contributed by atoms with Crippen molar-refractivity contribution >= 4 is 10.0 Å². The van der Waals surface area contributed by atoms with Crippen LogP contribution in [0.25, 0.3) is 0 Å². The van der Waals surface area contributed by atoms with Crippen molar-refractivity contribution in [1.82, 2.24) is 19.4 Å². The summed E-state index contributed by atoms with van der Waals surface area (Å²) in [4.78, 5) is 2.24. The van der Waals surface area contributed by atoms with Gasteiger partial charge in [0.25, 0.3) is 0 Å². The van der Waals surface area contributed by atoms with Crippen molar-refractivity contribution < 1.29 is 17.2 Å². The topological polar surface area (TPSA) is 79.5 Å². The molecule has 0 bridgehead atoms. The molecule has 0 amide bonds. The van der Waals surface area contributed by atoms with E-state index in [4.69, 9.17) is 4.42 Å². The molecule has 1 aromatic heterocycles. The highest BCUT2D eigenvalue weighted by atomic mass is 32.2. The van der Waals surface area contributed by atoms with Crippen LogP contribution in [-0.2, 0) is 16.6 Å². The fraction of sp³-hybridized carbons (Fsp3) is 0.619. The molecular weight excluding hydrogens is 407 g/mol. The third kappa shape index (κ3) is 4.58. The average molecular weight is 437 g/mol. The van der Waals surface area contributed by atoms with Gasteiger partial charge in [0, 0.05) is 24.6 Å². The number of nitrogens with zero attached hydrogens (tertiary/aromatic N) is 4. The van der Waals surface area contributed by atoms with Gasteiger partial charge in [0.15, 0.2) is 0 Å². The summed E-state index contributed by atoms with van der Waals surface area (Å²) in [5.41, 5.74) is 0.713. The van der Waals surface area contributed by atoms with Gasteiger partial charge in [0.05, 0.1) is 5.75 Å².